The summed E-state index contributed by atoms with van der Waals surface area (Å²) in [4.78, 5) is 16.8. The Bertz CT molecular complexity index is 1270. The number of ether oxygens (including phenoxy) is 1. The van der Waals surface area contributed by atoms with E-state index in [1.54, 1.807) is 4.90 Å². The van der Waals surface area contributed by atoms with Gasteiger partial charge in [-0.1, -0.05) is 6.07 Å². The fourth-order valence-electron chi connectivity index (χ4n) is 5.28. The molecular formula is C28H36F3N3O4S. The Hall–Kier alpha value is -2.63. The molecule has 2 saturated heterocycles. The van der Waals surface area contributed by atoms with E-state index in [0.29, 0.717) is 58.7 Å². The van der Waals surface area contributed by atoms with E-state index in [1.165, 1.54) is 22.0 Å². The number of carbonyl (C=O) groups excluding carboxylic acids is 1. The first-order chi connectivity index (χ1) is 18.4. The molecule has 0 bridgehead atoms. The van der Waals surface area contributed by atoms with E-state index in [1.807, 2.05) is 13.0 Å². The van der Waals surface area contributed by atoms with Gasteiger partial charge in [0, 0.05) is 50.9 Å². The van der Waals surface area contributed by atoms with Gasteiger partial charge in [-0.15, -0.1) is 0 Å². The number of piperazine rings is 1. The summed E-state index contributed by atoms with van der Waals surface area (Å²) in [5.41, 5.74) is 2.84. The van der Waals surface area contributed by atoms with Crippen molar-refractivity contribution in [2.24, 2.45) is 0 Å². The van der Waals surface area contributed by atoms with E-state index in [4.69, 9.17) is 4.74 Å². The summed E-state index contributed by atoms with van der Waals surface area (Å²) >= 11 is 0. The Balaban J connectivity index is 1.30. The Morgan fingerprint density at radius 2 is 1.64 bits per heavy atom. The summed E-state index contributed by atoms with van der Waals surface area (Å²) in [6.07, 6.45) is -3.11. The number of hydrogen-bond donors (Lipinski definition) is 0. The predicted molar refractivity (Wildman–Crippen MR) is 143 cm³/mol. The number of hydrogen-bond acceptors (Lipinski definition) is 5. The molecule has 2 aromatic carbocycles. The molecule has 0 saturated carbocycles. The van der Waals surface area contributed by atoms with Crippen LogP contribution in [0.5, 0.6) is 5.75 Å². The molecule has 1 amide bonds. The second-order valence-electron chi connectivity index (χ2n) is 10.3. The van der Waals surface area contributed by atoms with Crippen molar-refractivity contribution in [3.63, 3.8) is 0 Å². The highest BCUT2D eigenvalue weighted by Gasteiger charge is 2.31. The Kier molecular flexibility index (Phi) is 8.92. The summed E-state index contributed by atoms with van der Waals surface area (Å²) < 4.78 is 69.9. The van der Waals surface area contributed by atoms with Crippen molar-refractivity contribution in [3.8, 4) is 5.75 Å². The Labute approximate surface area is 228 Å². The third-order valence-electron chi connectivity index (χ3n) is 7.85. The number of rotatable bonds is 8. The van der Waals surface area contributed by atoms with Gasteiger partial charge in [-0.05, 0) is 80.6 Å². The fourth-order valence-corrected chi connectivity index (χ4v) is 6.85. The molecule has 0 spiro atoms. The molecule has 39 heavy (non-hydrogen) atoms. The summed E-state index contributed by atoms with van der Waals surface area (Å²) in [5, 5.41) is 0. The lowest BCUT2D eigenvalue weighted by molar-refractivity contribution is -0.137. The van der Waals surface area contributed by atoms with Crippen LogP contribution in [-0.4, -0.2) is 80.1 Å². The molecule has 7 nitrogen and oxygen atoms in total. The molecule has 11 heteroatoms. The summed E-state index contributed by atoms with van der Waals surface area (Å²) in [7, 11) is -3.09. The molecular weight excluding hydrogens is 531 g/mol. The van der Waals surface area contributed by atoms with E-state index in [-0.39, 0.29) is 23.3 Å². The number of nitrogens with zero attached hydrogens (tertiary/aromatic N) is 3. The smallest absolute Gasteiger partial charge is 0.416 e. The monoisotopic (exact) mass is 567 g/mol. The molecule has 2 heterocycles. The molecule has 2 aliphatic heterocycles. The zero-order chi connectivity index (χ0) is 28.4. The van der Waals surface area contributed by atoms with Gasteiger partial charge in [-0.25, -0.2) is 12.7 Å². The van der Waals surface area contributed by atoms with Crippen molar-refractivity contribution in [1.29, 1.82) is 0 Å². The SMILES string of the molecule is Cc1c(OCCCN2CCCS2(=O)=O)ccc([C@@H](C)N2CCN(C(=O)c3ccc(C(F)(F)F)cc3)CC2)c1C. The van der Waals surface area contributed by atoms with Crippen LogP contribution in [0.1, 0.15) is 58.4 Å². The molecule has 0 aliphatic carbocycles. The average molecular weight is 568 g/mol. The van der Waals surface area contributed by atoms with Crippen molar-refractivity contribution in [3.05, 3.63) is 64.2 Å². The molecule has 2 fully saturated rings. The van der Waals surface area contributed by atoms with Gasteiger partial charge in [0.25, 0.3) is 5.91 Å². The van der Waals surface area contributed by atoms with Crippen LogP contribution in [-0.2, 0) is 16.2 Å². The Morgan fingerprint density at radius 1 is 0.974 bits per heavy atom. The minimum atomic E-state index is -4.43. The van der Waals surface area contributed by atoms with Gasteiger partial charge in [0.2, 0.25) is 10.0 Å². The first kappa shape index (κ1) is 29.4. The summed E-state index contributed by atoms with van der Waals surface area (Å²) in [6, 6.07) is 8.51. The third kappa shape index (κ3) is 6.75. The number of amides is 1. The van der Waals surface area contributed by atoms with Gasteiger partial charge in [-0.2, -0.15) is 13.2 Å². The number of halogens is 3. The molecule has 0 aromatic heterocycles. The van der Waals surface area contributed by atoms with Crippen molar-refractivity contribution >= 4 is 15.9 Å². The highest BCUT2D eigenvalue weighted by molar-refractivity contribution is 7.89. The van der Waals surface area contributed by atoms with Crippen LogP contribution in [0.25, 0.3) is 0 Å². The van der Waals surface area contributed by atoms with Crippen molar-refractivity contribution in [1.82, 2.24) is 14.1 Å². The molecule has 0 unspecified atom stereocenters. The molecule has 214 valence electrons. The highest BCUT2D eigenvalue weighted by Crippen LogP contribution is 2.32. The zero-order valence-electron chi connectivity index (χ0n) is 22.6. The Morgan fingerprint density at radius 3 is 2.23 bits per heavy atom. The van der Waals surface area contributed by atoms with Gasteiger partial charge >= 0.3 is 6.18 Å². The molecule has 4 rings (SSSR count). The van der Waals surface area contributed by atoms with E-state index in [9.17, 15) is 26.4 Å². The second kappa shape index (κ2) is 11.9. The maximum absolute atomic E-state index is 12.8. The van der Waals surface area contributed by atoms with Crippen LogP contribution in [0, 0.1) is 13.8 Å². The normalized spacial score (nSPS) is 19.3. The van der Waals surface area contributed by atoms with Crippen LogP contribution in [0.4, 0.5) is 13.2 Å². The lowest BCUT2D eigenvalue weighted by Crippen LogP contribution is -2.49. The van der Waals surface area contributed by atoms with Gasteiger partial charge in [0.05, 0.1) is 17.9 Å². The lowest BCUT2D eigenvalue weighted by Gasteiger charge is -2.39. The molecule has 0 N–H and O–H groups in total. The fraction of sp³-hybridized carbons (Fsp3) is 0.536. The minimum Gasteiger partial charge on any atom is -0.493 e. The molecule has 2 aliphatic rings. The number of benzene rings is 2. The van der Waals surface area contributed by atoms with E-state index >= 15 is 0 Å². The molecule has 0 radical (unpaired) electrons. The quantitative estimate of drug-likeness (QED) is 0.435. The van der Waals surface area contributed by atoms with Gasteiger partial charge in [-0.3, -0.25) is 9.69 Å². The van der Waals surface area contributed by atoms with Crippen molar-refractivity contribution in [2.75, 3.05) is 51.6 Å². The standard InChI is InChI=1S/C28H36F3N3O4S/c1-20-21(2)26(38-18-4-12-34-13-5-19-39(34,36)37)11-10-25(20)22(3)32-14-16-33(17-15-32)27(35)23-6-8-24(9-7-23)28(29,30)31/h6-11,22H,4-5,12-19H2,1-3H3/t22-/m1/s1. The van der Waals surface area contributed by atoms with Crippen molar-refractivity contribution < 1.29 is 31.1 Å². The van der Waals surface area contributed by atoms with Crippen LogP contribution < -0.4 is 4.74 Å². The maximum Gasteiger partial charge on any atom is 0.416 e. The third-order valence-corrected chi connectivity index (χ3v) is 9.81. The average Bonchev–Trinajstić information content (AvgIpc) is 3.25. The van der Waals surface area contributed by atoms with Crippen molar-refractivity contribution in [2.45, 2.75) is 45.8 Å². The highest BCUT2D eigenvalue weighted by atomic mass is 32.2. The number of carbonyl (C=O) groups is 1. The molecule has 1 atom stereocenters. The summed E-state index contributed by atoms with van der Waals surface area (Å²) in [6.45, 7) is 10.0. The second-order valence-corrected chi connectivity index (χ2v) is 12.3. The lowest BCUT2D eigenvalue weighted by atomic mass is 9.96. The van der Waals surface area contributed by atoms with E-state index in [2.05, 4.69) is 24.8 Å². The van der Waals surface area contributed by atoms with Crippen LogP contribution in [0.2, 0.25) is 0 Å². The largest absolute Gasteiger partial charge is 0.493 e. The van der Waals surface area contributed by atoms with Gasteiger partial charge in [0.15, 0.2) is 0 Å². The maximum atomic E-state index is 12.8. The summed E-state index contributed by atoms with van der Waals surface area (Å²) in [5.74, 6) is 0.766. The van der Waals surface area contributed by atoms with Crippen LogP contribution in [0.3, 0.4) is 0 Å². The van der Waals surface area contributed by atoms with Crippen LogP contribution in [0.15, 0.2) is 36.4 Å². The van der Waals surface area contributed by atoms with E-state index < -0.39 is 21.8 Å². The molecule has 2 aromatic rings. The zero-order valence-corrected chi connectivity index (χ0v) is 23.4. The predicted octanol–water partition coefficient (Wildman–Crippen LogP) is 4.65. The number of sulfonamides is 1. The van der Waals surface area contributed by atoms with Gasteiger partial charge < -0.3 is 9.64 Å². The number of alkyl halides is 3. The topological polar surface area (TPSA) is 70.2 Å². The van der Waals surface area contributed by atoms with E-state index in [0.717, 1.165) is 29.0 Å². The minimum absolute atomic E-state index is 0.112. The first-order valence-electron chi connectivity index (χ1n) is 13.3. The van der Waals surface area contributed by atoms with Crippen LogP contribution >= 0.6 is 0 Å². The first-order valence-corrected chi connectivity index (χ1v) is 14.9. The van der Waals surface area contributed by atoms with Gasteiger partial charge in [0.1, 0.15) is 5.75 Å².